The predicted molar refractivity (Wildman–Crippen MR) is 70.6 cm³/mol. The number of nitro benzene ring substituents is 1. The Balaban J connectivity index is 2.74. The van der Waals surface area contributed by atoms with E-state index >= 15 is 0 Å². The first-order valence-corrected chi connectivity index (χ1v) is 6.44. The van der Waals surface area contributed by atoms with Gasteiger partial charge in [0.1, 0.15) is 6.67 Å². The van der Waals surface area contributed by atoms with Crippen LogP contribution in [0.3, 0.4) is 0 Å². The van der Waals surface area contributed by atoms with Gasteiger partial charge in [0, 0.05) is 24.5 Å². The van der Waals surface area contributed by atoms with Crippen molar-refractivity contribution in [3.8, 4) is 0 Å². The number of benzene rings is 1. The fourth-order valence-corrected chi connectivity index (χ4v) is 2.61. The van der Waals surface area contributed by atoms with Crippen LogP contribution in [0.4, 0.5) is 27.6 Å². The molecule has 0 aromatic heterocycles. The maximum atomic E-state index is 14.2. The Morgan fingerprint density at radius 3 is 2.55 bits per heavy atom. The van der Waals surface area contributed by atoms with Crippen LogP contribution in [0.25, 0.3) is 0 Å². The lowest BCUT2D eigenvalue weighted by molar-refractivity contribution is -0.385. The fourth-order valence-electron chi connectivity index (χ4n) is 2.33. The molecule has 1 N–H and O–H groups in total. The quantitative estimate of drug-likeness (QED) is 0.397. The van der Waals surface area contributed by atoms with Crippen molar-refractivity contribution >= 4 is 22.9 Å². The number of nitrogens with one attached hydrogen (secondary N) is 1. The lowest BCUT2D eigenvalue weighted by Gasteiger charge is -2.43. The van der Waals surface area contributed by atoms with Crippen molar-refractivity contribution in [2.45, 2.75) is 24.3 Å². The Bertz CT molecular complexity index is 655. The van der Waals surface area contributed by atoms with E-state index in [0.717, 1.165) is 0 Å². The van der Waals surface area contributed by atoms with Gasteiger partial charge < -0.3 is 5.32 Å². The van der Waals surface area contributed by atoms with Gasteiger partial charge in [0.05, 0.1) is 16.0 Å². The highest BCUT2D eigenvalue weighted by molar-refractivity contribution is 7.80. The number of piperidine rings is 1. The highest BCUT2D eigenvalue weighted by Gasteiger charge is 2.59. The van der Waals surface area contributed by atoms with Crippen LogP contribution in [0.2, 0.25) is 0 Å². The third-order valence-corrected chi connectivity index (χ3v) is 3.83. The SMILES string of the molecule is O=[N+]([O-])c1cc(F)c(F)c(C2(CF)NC(=S)CCC2(F)F)c1. The molecular weight excluding hydrogens is 331 g/mol. The van der Waals surface area contributed by atoms with Gasteiger partial charge in [-0.15, -0.1) is 0 Å². The zero-order valence-corrected chi connectivity index (χ0v) is 11.7. The number of alkyl halides is 3. The molecule has 1 heterocycles. The summed E-state index contributed by atoms with van der Waals surface area (Å²) in [4.78, 5) is 9.46. The second-order valence-electron chi connectivity index (χ2n) is 4.84. The van der Waals surface area contributed by atoms with Crippen molar-refractivity contribution in [3.05, 3.63) is 39.4 Å². The van der Waals surface area contributed by atoms with Gasteiger partial charge >= 0.3 is 0 Å². The molecule has 1 atom stereocenters. The Labute approximate surface area is 126 Å². The first kappa shape index (κ1) is 16.5. The topological polar surface area (TPSA) is 55.2 Å². The third kappa shape index (κ3) is 2.40. The second-order valence-corrected chi connectivity index (χ2v) is 5.33. The monoisotopic (exact) mass is 340 g/mol. The van der Waals surface area contributed by atoms with Crippen molar-refractivity contribution in [1.29, 1.82) is 0 Å². The molecule has 22 heavy (non-hydrogen) atoms. The van der Waals surface area contributed by atoms with E-state index in [-0.39, 0.29) is 17.5 Å². The van der Waals surface area contributed by atoms with Crippen LogP contribution in [0, 0.1) is 21.7 Å². The summed E-state index contributed by atoms with van der Waals surface area (Å²) in [6, 6.07) is 0.636. The molecule has 0 bridgehead atoms. The molecule has 0 aliphatic carbocycles. The summed E-state index contributed by atoms with van der Waals surface area (Å²) in [5, 5.41) is 12.7. The van der Waals surface area contributed by atoms with E-state index in [2.05, 4.69) is 0 Å². The Morgan fingerprint density at radius 1 is 1.36 bits per heavy atom. The van der Waals surface area contributed by atoms with Gasteiger partial charge in [-0.1, -0.05) is 12.2 Å². The number of hydrogen-bond donors (Lipinski definition) is 1. The van der Waals surface area contributed by atoms with E-state index in [1.807, 2.05) is 5.32 Å². The number of nitrogens with zero attached hydrogens (tertiary/aromatic N) is 1. The zero-order chi connectivity index (χ0) is 16.7. The standard InChI is InChI=1S/C12H9F5N2O2S/c13-5-11(12(16,17)2-1-9(22)18-11)7-3-6(19(20)21)4-8(14)10(7)15/h3-4H,1-2,5H2,(H,18,22). The number of halogens is 5. The molecule has 0 radical (unpaired) electrons. The average Bonchev–Trinajstić information content (AvgIpc) is 2.44. The van der Waals surface area contributed by atoms with Crippen LogP contribution in [0.1, 0.15) is 18.4 Å². The van der Waals surface area contributed by atoms with Gasteiger partial charge in [-0.25, -0.2) is 22.0 Å². The first-order chi connectivity index (χ1) is 10.1. The minimum Gasteiger partial charge on any atom is -0.363 e. The molecule has 1 aromatic rings. The van der Waals surface area contributed by atoms with Crippen LogP contribution in [0.5, 0.6) is 0 Å². The Kier molecular flexibility index (Phi) is 4.07. The van der Waals surface area contributed by atoms with Gasteiger partial charge in [-0.3, -0.25) is 10.1 Å². The number of non-ortho nitro benzene ring substituents is 1. The van der Waals surface area contributed by atoms with Crippen LogP contribution in [0.15, 0.2) is 12.1 Å². The van der Waals surface area contributed by atoms with E-state index < -0.39 is 52.4 Å². The smallest absolute Gasteiger partial charge is 0.277 e. The molecule has 1 fully saturated rings. The number of thiocarbonyl (C=S) groups is 1. The van der Waals surface area contributed by atoms with Gasteiger partial charge in [0.15, 0.2) is 17.2 Å². The summed E-state index contributed by atoms with van der Waals surface area (Å²) in [6.45, 7) is -1.82. The normalized spacial score (nSPS) is 24.0. The Hall–Kier alpha value is -1.84. The van der Waals surface area contributed by atoms with E-state index in [1.165, 1.54) is 0 Å². The third-order valence-electron chi connectivity index (χ3n) is 3.53. The molecule has 1 unspecified atom stereocenters. The van der Waals surface area contributed by atoms with E-state index in [0.29, 0.717) is 6.07 Å². The maximum absolute atomic E-state index is 14.2. The highest BCUT2D eigenvalue weighted by atomic mass is 32.1. The lowest BCUT2D eigenvalue weighted by Crippen LogP contribution is -2.62. The minimum atomic E-state index is -3.81. The van der Waals surface area contributed by atoms with E-state index in [9.17, 15) is 32.1 Å². The van der Waals surface area contributed by atoms with E-state index in [4.69, 9.17) is 12.2 Å². The van der Waals surface area contributed by atoms with Crippen LogP contribution >= 0.6 is 12.2 Å². The molecule has 0 amide bonds. The molecule has 1 aliphatic rings. The molecule has 1 aliphatic heterocycles. The molecule has 1 aromatic carbocycles. The average molecular weight is 340 g/mol. The van der Waals surface area contributed by atoms with Crippen molar-refractivity contribution < 1.29 is 26.9 Å². The number of rotatable bonds is 3. The molecule has 2 rings (SSSR count). The van der Waals surface area contributed by atoms with Gasteiger partial charge in [0.25, 0.3) is 11.6 Å². The molecule has 4 nitrogen and oxygen atoms in total. The lowest BCUT2D eigenvalue weighted by atomic mass is 9.79. The summed E-state index contributed by atoms with van der Waals surface area (Å²) in [7, 11) is 0. The van der Waals surface area contributed by atoms with Crippen LogP contribution in [-0.2, 0) is 5.54 Å². The largest absolute Gasteiger partial charge is 0.363 e. The summed E-state index contributed by atoms with van der Waals surface area (Å²) in [6.07, 6.45) is -1.14. The highest BCUT2D eigenvalue weighted by Crippen LogP contribution is 2.46. The first-order valence-electron chi connectivity index (χ1n) is 6.03. The van der Waals surface area contributed by atoms with Crippen molar-refractivity contribution in [2.24, 2.45) is 0 Å². The molecular formula is C12H9F5N2O2S. The van der Waals surface area contributed by atoms with Crippen LogP contribution in [-0.4, -0.2) is 22.5 Å². The summed E-state index contributed by atoms with van der Waals surface area (Å²) in [5.74, 6) is -7.31. The van der Waals surface area contributed by atoms with Gasteiger partial charge in [0.2, 0.25) is 0 Å². The molecule has 10 heteroatoms. The van der Waals surface area contributed by atoms with Crippen LogP contribution < -0.4 is 5.32 Å². The molecule has 1 saturated heterocycles. The van der Waals surface area contributed by atoms with Gasteiger partial charge in [-0.2, -0.15) is 0 Å². The summed E-state index contributed by atoms with van der Waals surface area (Å²) >= 11 is 4.72. The maximum Gasteiger partial charge on any atom is 0.277 e. The molecule has 0 spiro atoms. The predicted octanol–water partition coefficient (Wildman–Crippen LogP) is 3.38. The number of nitro groups is 1. The zero-order valence-electron chi connectivity index (χ0n) is 10.8. The minimum absolute atomic E-state index is 0.158. The Morgan fingerprint density at radius 2 is 2.00 bits per heavy atom. The second kappa shape index (κ2) is 5.41. The molecule has 0 saturated carbocycles. The number of hydrogen-bond acceptors (Lipinski definition) is 3. The van der Waals surface area contributed by atoms with Gasteiger partial charge in [-0.05, 0) is 0 Å². The summed E-state index contributed by atoms with van der Waals surface area (Å²) < 4.78 is 69.3. The van der Waals surface area contributed by atoms with E-state index in [1.54, 1.807) is 0 Å². The summed E-state index contributed by atoms with van der Waals surface area (Å²) in [5.41, 5.74) is -5.09. The molecule has 120 valence electrons. The fraction of sp³-hybridized carbons (Fsp3) is 0.417. The van der Waals surface area contributed by atoms with Crippen molar-refractivity contribution in [2.75, 3.05) is 6.67 Å². The van der Waals surface area contributed by atoms with Crippen molar-refractivity contribution in [1.82, 2.24) is 5.32 Å². The van der Waals surface area contributed by atoms with Crippen molar-refractivity contribution in [3.63, 3.8) is 0 Å².